The number of carbonyl (C=O) groups is 4. The molecule has 9 nitrogen and oxygen atoms in total. The first-order chi connectivity index (χ1) is 22.6. The summed E-state index contributed by atoms with van der Waals surface area (Å²) < 4.78 is 10.3. The molecule has 0 radical (unpaired) electrons. The van der Waals surface area contributed by atoms with Gasteiger partial charge in [-0.1, -0.05) is 130 Å². The molecule has 0 rings (SSSR count). The van der Waals surface area contributed by atoms with E-state index < -0.39 is 36.5 Å². The van der Waals surface area contributed by atoms with Crippen LogP contribution in [-0.2, 0) is 28.7 Å². The molecule has 274 valence electrons. The van der Waals surface area contributed by atoms with Crippen molar-refractivity contribution < 1.29 is 33.8 Å². The lowest BCUT2D eigenvalue weighted by Gasteiger charge is -2.18. The lowest BCUT2D eigenvalue weighted by molar-refractivity contribution is -0.150. The number of rotatable bonds is 31. The number of allylic oxidation sites excluding steroid dienone is 2. The van der Waals surface area contributed by atoms with E-state index in [9.17, 15) is 24.3 Å². The Morgan fingerprint density at radius 2 is 1.15 bits per heavy atom. The zero-order chi connectivity index (χ0) is 35.1. The number of aliphatic hydroxyl groups is 1. The van der Waals surface area contributed by atoms with Gasteiger partial charge in [0.1, 0.15) is 6.10 Å². The zero-order valence-corrected chi connectivity index (χ0v) is 30.6. The molecule has 0 fully saturated rings. The quantitative estimate of drug-likeness (QED) is 0.0392. The molecular weight excluding hydrogens is 596 g/mol. The highest BCUT2D eigenvalue weighted by Crippen LogP contribution is 2.16. The fraction of sp³-hybridized carbons (Fsp3) is 0.842. The number of amides is 2. The van der Waals surface area contributed by atoms with Crippen LogP contribution in [0.2, 0.25) is 0 Å². The van der Waals surface area contributed by atoms with Crippen molar-refractivity contribution in [2.45, 2.75) is 175 Å². The van der Waals surface area contributed by atoms with Crippen molar-refractivity contribution in [2.75, 3.05) is 20.3 Å². The molecule has 0 aromatic carbocycles. The second-order valence-corrected chi connectivity index (χ2v) is 13.8. The second kappa shape index (κ2) is 30.9. The van der Waals surface area contributed by atoms with Gasteiger partial charge in [-0.2, -0.15) is 0 Å². The maximum atomic E-state index is 12.6. The van der Waals surface area contributed by atoms with Crippen molar-refractivity contribution in [3.05, 3.63) is 12.2 Å². The minimum atomic E-state index is -1.20. The van der Waals surface area contributed by atoms with Crippen molar-refractivity contribution in [1.29, 1.82) is 0 Å². The van der Waals surface area contributed by atoms with Gasteiger partial charge in [0.25, 0.3) is 0 Å². The molecule has 0 aromatic heterocycles. The first-order valence-electron chi connectivity index (χ1n) is 18.7. The van der Waals surface area contributed by atoms with Gasteiger partial charge in [-0.15, -0.1) is 0 Å². The Labute approximate surface area is 286 Å². The highest BCUT2D eigenvalue weighted by molar-refractivity contribution is 5.88. The van der Waals surface area contributed by atoms with Crippen LogP contribution in [0.1, 0.15) is 163 Å². The van der Waals surface area contributed by atoms with Gasteiger partial charge < -0.3 is 25.2 Å². The zero-order valence-electron chi connectivity index (χ0n) is 30.6. The Bertz CT molecular complexity index is 844. The van der Waals surface area contributed by atoms with Crippen molar-refractivity contribution in [3.63, 3.8) is 0 Å². The maximum Gasteiger partial charge on any atom is 0.330 e. The summed E-state index contributed by atoms with van der Waals surface area (Å²) in [5.41, 5.74) is 0. The van der Waals surface area contributed by atoms with Crippen LogP contribution < -0.4 is 10.6 Å². The second-order valence-electron chi connectivity index (χ2n) is 13.8. The molecule has 0 aromatic rings. The minimum absolute atomic E-state index is 0.0389. The Kier molecular flexibility index (Phi) is 29.3. The molecule has 0 heterocycles. The van der Waals surface area contributed by atoms with Gasteiger partial charge in [0.05, 0.1) is 26.7 Å². The number of unbranched alkanes of at least 4 members (excludes halogenated alkanes) is 13. The van der Waals surface area contributed by atoms with E-state index in [0.717, 1.165) is 44.6 Å². The van der Waals surface area contributed by atoms with Crippen molar-refractivity contribution >= 4 is 23.8 Å². The monoisotopic (exact) mass is 667 g/mol. The Balaban J connectivity index is 4.55. The van der Waals surface area contributed by atoms with Crippen LogP contribution in [0.15, 0.2) is 12.2 Å². The summed E-state index contributed by atoms with van der Waals surface area (Å²) in [6.45, 7) is 8.11. The summed E-state index contributed by atoms with van der Waals surface area (Å²) in [5.74, 6) is -0.579. The van der Waals surface area contributed by atoms with Crippen LogP contribution >= 0.6 is 0 Å². The summed E-state index contributed by atoms with van der Waals surface area (Å²) in [5, 5.41) is 14.1. The predicted octanol–water partition coefficient (Wildman–Crippen LogP) is 7.72. The molecule has 0 bridgehead atoms. The number of carbonyl (C=O) groups excluding carboxylic acids is 4. The maximum absolute atomic E-state index is 12.6. The summed E-state index contributed by atoms with van der Waals surface area (Å²) in [6.07, 6.45) is 25.6. The number of hydrogen-bond acceptors (Lipinski definition) is 7. The van der Waals surface area contributed by atoms with Crippen molar-refractivity contribution in [1.82, 2.24) is 10.6 Å². The molecule has 0 aliphatic carbocycles. The standard InChI is InChI=1S/C38H70N2O7/c1-31(2)24-20-16-12-8-6-10-14-18-22-26-33(28-35(42)39-29-36(43)40-34(30-41)38(45)46-5)47-37(44)27-23-19-15-11-7-9-13-17-21-25-32(3)4/h15,19,31-34,41H,6-14,16-18,20-30H2,1-5H3,(H,39,42)(H,40,43). The first-order valence-corrected chi connectivity index (χ1v) is 18.7. The first kappa shape index (κ1) is 44.6. The Hall–Kier alpha value is -2.42. The van der Waals surface area contributed by atoms with Crippen molar-refractivity contribution in [3.8, 4) is 0 Å². The van der Waals surface area contributed by atoms with Crippen LogP contribution in [0, 0.1) is 11.8 Å². The SMILES string of the molecule is COC(=O)C(CO)NC(=O)CNC(=O)CC(CCCCCCCCCCCC(C)C)OC(=O)CCC=CCCCCCCCC(C)C. The summed E-state index contributed by atoms with van der Waals surface area (Å²) in [6, 6.07) is -1.20. The number of esters is 2. The van der Waals surface area contributed by atoms with Gasteiger partial charge in [-0.25, -0.2) is 4.79 Å². The third kappa shape index (κ3) is 29.5. The third-order valence-corrected chi connectivity index (χ3v) is 8.30. The van der Waals surface area contributed by atoms with Gasteiger partial charge >= 0.3 is 11.9 Å². The smallest absolute Gasteiger partial charge is 0.330 e. The van der Waals surface area contributed by atoms with E-state index in [0.29, 0.717) is 12.8 Å². The molecule has 2 atom stereocenters. The molecule has 0 spiro atoms. The summed E-state index contributed by atoms with van der Waals surface area (Å²) >= 11 is 0. The largest absolute Gasteiger partial charge is 0.467 e. The van der Waals surface area contributed by atoms with E-state index in [2.05, 4.69) is 49.1 Å². The molecule has 47 heavy (non-hydrogen) atoms. The van der Waals surface area contributed by atoms with Crippen LogP contribution in [0.5, 0.6) is 0 Å². The molecule has 0 aliphatic rings. The van der Waals surface area contributed by atoms with E-state index in [4.69, 9.17) is 4.74 Å². The molecular formula is C38H70N2O7. The van der Waals surface area contributed by atoms with Gasteiger partial charge in [-0.3, -0.25) is 14.4 Å². The predicted molar refractivity (Wildman–Crippen MR) is 190 cm³/mol. The van der Waals surface area contributed by atoms with E-state index in [1.54, 1.807) is 0 Å². The van der Waals surface area contributed by atoms with E-state index in [-0.39, 0.29) is 25.4 Å². The molecule has 2 amide bonds. The fourth-order valence-electron chi connectivity index (χ4n) is 5.42. The molecule has 0 saturated heterocycles. The third-order valence-electron chi connectivity index (χ3n) is 8.30. The number of aliphatic hydroxyl groups excluding tert-OH is 1. The van der Waals surface area contributed by atoms with Gasteiger partial charge in [-0.05, 0) is 43.9 Å². The fourth-order valence-corrected chi connectivity index (χ4v) is 5.42. The number of methoxy groups -OCH3 is 1. The Morgan fingerprint density at radius 1 is 0.660 bits per heavy atom. The average molecular weight is 667 g/mol. The molecule has 3 N–H and O–H groups in total. The topological polar surface area (TPSA) is 131 Å². The highest BCUT2D eigenvalue weighted by atomic mass is 16.5. The summed E-state index contributed by atoms with van der Waals surface area (Å²) in [7, 11) is 1.16. The van der Waals surface area contributed by atoms with E-state index >= 15 is 0 Å². The highest BCUT2D eigenvalue weighted by Gasteiger charge is 2.22. The number of ether oxygens (including phenoxy) is 2. The minimum Gasteiger partial charge on any atom is -0.467 e. The molecule has 0 saturated carbocycles. The summed E-state index contributed by atoms with van der Waals surface area (Å²) in [4.78, 5) is 49.0. The lowest BCUT2D eigenvalue weighted by atomic mass is 10.0. The van der Waals surface area contributed by atoms with E-state index in [1.807, 2.05) is 6.08 Å². The number of hydrogen-bond donors (Lipinski definition) is 3. The van der Waals surface area contributed by atoms with Crippen molar-refractivity contribution in [2.24, 2.45) is 11.8 Å². The Morgan fingerprint density at radius 3 is 1.66 bits per heavy atom. The average Bonchev–Trinajstić information content (AvgIpc) is 3.03. The van der Waals surface area contributed by atoms with Crippen LogP contribution in [0.3, 0.4) is 0 Å². The van der Waals surface area contributed by atoms with Gasteiger partial charge in [0.15, 0.2) is 6.04 Å². The van der Waals surface area contributed by atoms with E-state index in [1.165, 1.54) is 83.5 Å². The lowest BCUT2D eigenvalue weighted by Crippen LogP contribution is -2.48. The normalized spacial score (nSPS) is 12.8. The van der Waals surface area contributed by atoms with Crippen LogP contribution in [0.25, 0.3) is 0 Å². The molecule has 2 unspecified atom stereocenters. The molecule has 9 heteroatoms. The van der Waals surface area contributed by atoms with Gasteiger partial charge in [0, 0.05) is 6.42 Å². The van der Waals surface area contributed by atoms with Crippen LogP contribution in [0.4, 0.5) is 0 Å². The number of nitrogens with one attached hydrogen (secondary N) is 2. The molecule has 0 aliphatic heterocycles. The van der Waals surface area contributed by atoms with Gasteiger partial charge in [0.2, 0.25) is 11.8 Å². The van der Waals surface area contributed by atoms with Crippen LogP contribution in [-0.4, -0.2) is 61.3 Å².